The molecule has 0 aliphatic heterocycles. The number of nitrogen functional groups attached to an aromatic ring is 1. The van der Waals surface area contributed by atoms with Crippen LogP contribution in [0, 0.1) is 6.92 Å². The normalized spacial score (nSPS) is 16.3. The third kappa shape index (κ3) is 2.79. The van der Waals surface area contributed by atoms with Crippen molar-refractivity contribution in [1.29, 1.82) is 0 Å². The van der Waals surface area contributed by atoms with E-state index in [9.17, 15) is 0 Å². The van der Waals surface area contributed by atoms with E-state index < -0.39 is 0 Å². The molecular formula is C13H17N3OS2. The van der Waals surface area contributed by atoms with Gasteiger partial charge in [-0.2, -0.15) is 16.7 Å². The number of aromatic nitrogens is 2. The minimum Gasteiger partial charge on any atom is -0.397 e. The summed E-state index contributed by atoms with van der Waals surface area (Å²) < 4.78 is 5.32. The van der Waals surface area contributed by atoms with Crippen molar-refractivity contribution in [2.75, 3.05) is 5.73 Å². The van der Waals surface area contributed by atoms with Crippen LogP contribution in [-0.2, 0) is 5.75 Å². The molecule has 2 heterocycles. The van der Waals surface area contributed by atoms with Crippen LogP contribution in [0.4, 0.5) is 5.69 Å². The molecule has 2 aromatic rings. The number of aryl methyl sites for hydroxylation is 1. The lowest BCUT2D eigenvalue weighted by atomic mass is 10.3. The van der Waals surface area contributed by atoms with E-state index in [-0.39, 0.29) is 0 Å². The van der Waals surface area contributed by atoms with Gasteiger partial charge < -0.3 is 10.3 Å². The first-order chi connectivity index (χ1) is 9.24. The Morgan fingerprint density at radius 2 is 2.26 bits per heavy atom. The van der Waals surface area contributed by atoms with Gasteiger partial charge in [-0.3, -0.25) is 0 Å². The van der Waals surface area contributed by atoms with Gasteiger partial charge in [0.05, 0.1) is 11.4 Å². The van der Waals surface area contributed by atoms with Crippen molar-refractivity contribution in [2.24, 2.45) is 0 Å². The average Bonchev–Trinajstić information content (AvgIpc) is 3.11. The zero-order valence-corrected chi connectivity index (χ0v) is 12.5. The molecule has 2 aromatic heterocycles. The first-order valence-corrected chi connectivity index (χ1v) is 8.45. The summed E-state index contributed by atoms with van der Waals surface area (Å²) in [7, 11) is 0. The lowest BCUT2D eigenvalue weighted by Gasteiger charge is -2.04. The molecule has 4 nitrogen and oxygen atoms in total. The van der Waals surface area contributed by atoms with Crippen molar-refractivity contribution in [3.05, 3.63) is 16.8 Å². The summed E-state index contributed by atoms with van der Waals surface area (Å²) in [6.07, 6.45) is 5.37. The molecule has 0 radical (unpaired) electrons. The van der Waals surface area contributed by atoms with Gasteiger partial charge in [0.15, 0.2) is 5.82 Å². The Kier molecular flexibility index (Phi) is 3.79. The molecule has 1 saturated carbocycles. The van der Waals surface area contributed by atoms with Crippen LogP contribution in [0.15, 0.2) is 9.90 Å². The quantitative estimate of drug-likeness (QED) is 0.927. The fourth-order valence-corrected chi connectivity index (χ4v) is 4.33. The lowest BCUT2D eigenvalue weighted by Crippen LogP contribution is -1.95. The molecule has 0 bridgehead atoms. The molecule has 0 saturated heterocycles. The predicted molar refractivity (Wildman–Crippen MR) is 80.3 cm³/mol. The first-order valence-electron chi connectivity index (χ1n) is 6.52. The van der Waals surface area contributed by atoms with E-state index in [2.05, 4.69) is 10.1 Å². The van der Waals surface area contributed by atoms with E-state index in [0.29, 0.717) is 5.89 Å². The van der Waals surface area contributed by atoms with E-state index in [1.54, 1.807) is 11.3 Å². The Hall–Kier alpha value is -1.01. The topological polar surface area (TPSA) is 64.9 Å². The third-order valence-electron chi connectivity index (χ3n) is 3.44. The number of thiophene rings is 1. The van der Waals surface area contributed by atoms with Gasteiger partial charge in [0.1, 0.15) is 4.88 Å². The first kappa shape index (κ1) is 13.0. The van der Waals surface area contributed by atoms with Crippen LogP contribution in [0.2, 0.25) is 0 Å². The Balaban J connectivity index is 1.67. The van der Waals surface area contributed by atoms with Gasteiger partial charge in [0, 0.05) is 5.25 Å². The Morgan fingerprint density at radius 3 is 2.95 bits per heavy atom. The Morgan fingerprint density at radius 1 is 1.47 bits per heavy atom. The van der Waals surface area contributed by atoms with Crippen molar-refractivity contribution >= 4 is 28.8 Å². The van der Waals surface area contributed by atoms with E-state index in [4.69, 9.17) is 10.3 Å². The maximum absolute atomic E-state index is 5.99. The number of nitrogens with two attached hydrogens (primary N) is 1. The molecule has 0 atom stereocenters. The van der Waals surface area contributed by atoms with Gasteiger partial charge in [0.2, 0.25) is 0 Å². The van der Waals surface area contributed by atoms with E-state index in [1.807, 2.05) is 24.1 Å². The number of nitrogens with zero attached hydrogens (tertiary/aromatic N) is 2. The Bertz CT molecular complexity index is 558. The fraction of sp³-hybridized carbons (Fsp3) is 0.538. The van der Waals surface area contributed by atoms with Crippen molar-refractivity contribution < 1.29 is 4.52 Å². The summed E-state index contributed by atoms with van der Waals surface area (Å²) in [4.78, 5) is 5.34. The monoisotopic (exact) mass is 295 g/mol. The highest BCUT2D eigenvalue weighted by Crippen LogP contribution is 2.35. The predicted octanol–water partition coefficient (Wildman–Crippen LogP) is 3.86. The summed E-state index contributed by atoms with van der Waals surface area (Å²) >= 11 is 3.50. The lowest BCUT2D eigenvalue weighted by molar-refractivity contribution is 0.426. The van der Waals surface area contributed by atoms with Crippen molar-refractivity contribution in [3.63, 3.8) is 0 Å². The third-order valence-corrected chi connectivity index (χ3v) is 5.90. The van der Waals surface area contributed by atoms with E-state index >= 15 is 0 Å². The van der Waals surface area contributed by atoms with Crippen LogP contribution in [-0.4, -0.2) is 15.4 Å². The highest BCUT2D eigenvalue weighted by molar-refractivity contribution is 7.99. The number of thioether (sulfide) groups is 1. The van der Waals surface area contributed by atoms with Crippen LogP contribution < -0.4 is 5.73 Å². The highest BCUT2D eigenvalue weighted by atomic mass is 32.2. The van der Waals surface area contributed by atoms with E-state index in [0.717, 1.165) is 33.0 Å². The molecule has 0 aromatic carbocycles. The summed E-state index contributed by atoms with van der Waals surface area (Å²) in [6.45, 7) is 1.99. The molecular weight excluding hydrogens is 278 g/mol. The second-order valence-electron chi connectivity index (χ2n) is 4.89. The molecule has 6 heteroatoms. The summed E-state index contributed by atoms with van der Waals surface area (Å²) in [6, 6.07) is 0. The maximum atomic E-state index is 5.99. The zero-order valence-electron chi connectivity index (χ0n) is 10.9. The minimum absolute atomic E-state index is 0.553. The maximum Gasteiger partial charge on any atom is 0.270 e. The number of hydrogen-bond acceptors (Lipinski definition) is 6. The van der Waals surface area contributed by atoms with Crippen LogP contribution in [0.1, 0.15) is 37.1 Å². The molecule has 0 amide bonds. The van der Waals surface area contributed by atoms with Crippen LogP contribution in [0.3, 0.4) is 0 Å². The summed E-state index contributed by atoms with van der Waals surface area (Å²) in [5.74, 6) is 2.16. The molecule has 0 unspecified atom stereocenters. The molecule has 0 spiro atoms. The molecule has 1 aliphatic carbocycles. The molecule has 1 fully saturated rings. The van der Waals surface area contributed by atoms with Crippen molar-refractivity contribution in [3.8, 4) is 10.8 Å². The fourth-order valence-electron chi connectivity index (χ4n) is 2.27. The van der Waals surface area contributed by atoms with Crippen LogP contribution in [0.25, 0.3) is 10.8 Å². The van der Waals surface area contributed by atoms with Crippen molar-refractivity contribution in [2.45, 2.75) is 43.6 Å². The zero-order chi connectivity index (χ0) is 13.2. The van der Waals surface area contributed by atoms with Crippen LogP contribution in [0.5, 0.6) is 0 Å². The van der Waals surface area contributed by atoms with Crippen LogP contribution >= 0.6 is 23.1 Å². The molecule has 2 N–H and O–H groups in total. The number of hydrogen-bond donors (Lipinski definition) is 1. The summed E-state index contributed by atoms with van der Waals surface area (Å²) in [5.41, 5.74) is 7.82. The average molecular weight is 295 g/mol. The number of rotatable bonds is 4. The van der Waals surface area contributed by atoms with E-state index in [1.165, 1.54) is 25.7 Å². The Labute approximate surface area is 120 Å². The van der Waals surface area contributed by atoms with Gasteiger partial charge in [-0.1, -0.05) is 18.0 Å². The standard InChI is InChI=1S/C13H17N3OS2/c1-8-6-19-12(11(8)14)13-15-10(16-17-13)7-18-9-4-2-3-5-9/h6,9H,2-5,7,14H2,1H3. The van der Waals surface area contributed by atoms with Crippen molar-refractivity contribution in [1.82, 2.24) is 10.1 Å². The van der Waals surface area contributed by atoms with Gasteiger partial charge >= 0.3 is 0 Å². The van der Waals surface area contributed by atoms with Gasteiger partial charge in [-0.25, -0.2) is 0 Å². The largest absolute Gasteiger partial charge is 0.397 e. The highest BCUT2D eigenvalue weighted by Gasteiger charge is 2.18. The number of anilines is 1. The molecule has 3 rings (SSSR count). The smallest absolute Gasteiger partial charge is 0.270 e. The summed E-state index contributed by atoms with van der Waals surface area (Å²) in [5, 5.41) is 6.84. The minimum atomic E-state index is 0.553. The van der Waals surface area contributed by atoms with Gasteiger partial charge in [-0.05, 0) is 30.7 Å². The SMILES string of the molecule is Cc1csc(-c2nc(CSC3CCCC3)no2)c1N. The second kappa shape index (κ2) is 5.54. The molecule has 1 aliphatic rings. The second-order valence-corrected chi connectivity index (χ2v) is 7.06. The van der Waals surface area contributed by atoms with Gasteiger partial charge in [0.25, 0.3) is 5.89 Å². The van der Waals surface area contributed by atoms with Gasteiger partial charge in [-0.15, -0.1) is 11.3 Å². The molecule has 19 heavy (non-hydrogen) atoms. The molecule has 102 valence electrons.